The SMILES string of the molecule is CNC(=O)ON=CC(C)(C)SC.ClCCl. The van der Waals surface area contributed by atoms with E-state index in [1.807, 2.05) is 20.1 Å². The van der Waals surface area contributed by atoms with Crippen molar-refractivity contribution in [2.45, 2.75) is 18.6 Å². The molecule has 0 radical (unpaired) electrons. The molecule has 0 spiro atoms. The quantitative estimate of drug-likeness (QED) is 0.373. The van der Waals surface area contributed by atoms with E-state index < -0.39 is 6.09 Å². The minimum absolute atomic E-state index is 0.103. The fourth-order valence-electron chi connectivity index (χ4n) is 0.299. The second kappa shape index (κ2) is 10.4. The van der Waals surface area contributed by atoms with Crippen molar-refractivity contribution in [3.8, 4) is 0 Å². The molecule has 1 amide bonds. The Morgan fingerprint density at radius 3 is 2.40 bits per heavy atom. The first-order chi connectivity index (χ1) is 6.93. The Morgan fingerprint density at radius 2 is 2.07 bits per heavy atom. The van der Waals surface area contributed by atoms with Crippen LogP contribution in [-0.4, -0.2) is 35.7 Å². The molecule has 0 aromatic carbocycles. The maximum Gasteiger partial charge on any atom is 0.433 e. The lowest BCUT2D eigenvalue weighted by Gasteiger charge is -2.13. The van der Waals surface area contributed by atoms with Gasteiger partial charge in [-0.2, -0.15) is 11.8 Å². The van der Waals surface area contributed by atoms with Crippen molar-refractivity contribution in [1.82, 2.24) is 5.32 Å². The van der Waals surface area contributed by atoms with Gasteiger partial charge in [-0.1, -0.05) is 5.16 Å². The van der Waals surface area contributed by atoms with Gasteiger partial charge in [-0.15, -0.1) is 23.2 Å². The standard InChI is InChI=1S/C7H14N2O2S.CH2Cl2/c1-7(2,12-4)5-9-11-6(10)8-3;2-1-3/h5H,1-4H3,(H,8,10);1H2. The molecule has 0 saturated carbocycles. The highest BCUT2D eigenvalue weighted by atomic mass is 35.5. The Labute approximate surface area is 105 Å². The van der Waals surface area contributed by atoms with Crippen molar-refractivity contribution in [1.29, 1.82) is 0 Å². The number of rotatable bonds is 3. The lowest BCUT2D eigenvalue weighted by molar-refractivity contribution is 0.153. The summed E-state index contributed by atoms with van der Waals surface area (Å²) >= 11 is 11.2. The summed E-state index contributed by atoms with van der Waals surface area (Å²) in [4.78, 5) is 15.0. The first kappa shape index (κ1) is 17.3. The van der Waals surface area contributed by atoms with Gasteiger partial charge in [-0.3, -0.25) is 4.84 Å². The molecule has 90 valence electrons. The number of amides is 1. The summed E-state index contributed by atoms with van der Waals surface area (Å²) in [5.41, 5.74) is 0. The van der Waals surface area contributed by atoms with Crippen LogP contribution in [0.25, 0.3) is 0 Å². The normalized spacial score (nSPS) is 10.5. The third-order valence-corrected chi connectivity index (χ3v) is 2.39. The van der Waals surface area contributed by atoms with Gasteiger partial charge in [-0.05, 0) is 20.1 Å². The summed E-state index contributed by atoms with van der Waals surface area (Å²) in [6.07, 6.45) is 3.00. The average Bonchev–Trinajstić information content (AvgIpc) is 2.18. The number of nitrogens with one attached hydrogen (secondary N) is 1. The number of oxime groups is 1. The maximum atomic E-state index is 10.5. The summed E-state index contributed by atoms with van der Waals surface area (Å²) in [6, 6.07) is 0. The van der Waals surface area contributed by atoms with Crippen molar-refractivity contribution in [2.75, 3.05) is 18.6 Å². The van der Waals surface area contributed by atoms with Gasteiger partial charge < -0.3 is 5.32 Å². The van der Waals surface area contributed by atoms with Crippen LogP contribution in [-0.2, 0) is 4.84 Å². The highest BCUT2D eigenvalue weighted by Gasteiger charge is 2.12. The minimum atomic E-state index is -0.553. The van der Waals surface area contributed by atoms with Crippen LogP contribution in [0.5, 0.6) is 0 Å². The van der Waals surface area contributed by atoms with Crippen LogP contribution < -0.4 is 5.32 Å². The van der Waals surface area contributed by atoms with Crippen LogP contribution in [0, 0.1) is 0 Å². The third-order valence-electron chi connectivity index (χ3n) is 1.23. The molecule has 0 rings (SSSR count). The molecule has 0 unspecified atom stereocenters. The van der Waals surface area contributed by atoms with E-state index in [4.69, 9.17) is 23.2 Å². The number of thioether (sulfide) groups is 1. The number of carbonyl (C=O) groups is 1. The van der Waals surface area contributed by atoms with Gasteiger partial charge in [0.1, 0.15) is 0 Å². The van der Waals surface area contributed by atoms with E-state index in [0.717, 1.165) is 0 Å². The maximum absolute atomic E-state index is 10.5. The molecule has 0 heterocycles. The van der Waals surface area contributed by atoms with E-state index in [2.05, 4.69) is 15.3 Å². The summed E-state index contributed by atoms with van der Waals surface area (Å²) in [5.74, 6) is 0. The smallest absolute Gasteiger partial charge is 0.323 e. The summed E-state index contributed by atoms with van der Waals surface area (Å²) in [5, 5.41) is 6.01. The number of hydrogen-bond acceptors (Lipinski definition) is 4. The molecule has 15 heavy (non-hydrogen) atoms. The zero-order chi connectivity index (χ0) is 12.3. The van der Waals surface area contributed by atoms with E-state index in [1.165, 1.54) is 7.05 Å². The Kier molecular flexibility index (Phi) is 12.0. The summed E-state index contributed by atoms with van der Waals surface area (Å²) < 4.78 is -0.103. The fourth-order valence-corrected chi connectivity index (χ4v) is 0.448. The minimum Gasteiger partial charge on any atom is -0.323 e. The van der Waals surface area contributed by atoms with Crippen molar-refractivity contribution in [3.05, 3.63) is 0 Å². The van der Waals surface area contributed by atoms with Gasteiger partial charge >= 0.3 is 6.09 Å². The van der Waals surface area contributed by atoms with Crippen LogP contribution in [0.1, 0.15) is 13.8 Å². The molecule has 0 aromatic heterocycles. The Balaban J connectivity index is 0. The Hall–Kier alpha value is -0.130. The molecule has 1 N–H and O–H groups in total. The number of alkyl halides is 2. The van der Waals surface area contributed by atoms with E-state index in [-0.39, 0.29) is 10.1 Å². The molecule has 0 aliphatic heterocycles. The van der Waals surface area contributed by atoms with Crippen molar-refractivity contribution in [2.24, 2.45) is 5.16 Å². The van der Waals surface area contributed by atoms with Crippen LogP contribution in [0.15, 0.2) is 5.16 Å². The van der Waals surface area contributed by atoms with Gasteiger partial charge in [0, 0.05) is 11.8 Å². The summed E-state index contributed by atoms with van der Waals surface area (Å²) in [6.45, 7) is 3.96. The first-order valence-corrected chi connectivity index (χ1v) is 6.33. The molecule has 0 saturated heterocycles. The molecule has 7 heteroatoms. The lowest BCUT2D eigenvalue weighted by atomic mass is 10.2. The van der Waals surface area contributed by atoms with E-state index in [0.29, 0.717) is 0 Å². The monoisotopic (exact) mass is 274 g/mol. The van der Waals surface area contributed by atoms with Gasteiger partial charge in [-0.25, -0.2) is 4.79 Å². The Morgan fingerprint density at radius 1 is 1.60 bits per heavy atom. The molecule has 0 aromatic rings. The molecule has 0 aliphatic rings. The molecule has 0 fully saturated rings. The fraction of sp³-hybridized carbons (Fsp3) is 0.750. The number of carbonyl (C=O) groups excluding carboxylic acids is 1. The predicted octanol–water partition coefficient (Wildman–Crippen LogP) is 2.89. The molecular formula is C8H16Cl2N2O2S. The van der Waals surface area contributed by atoms with E-state index in [9.17, 15) is 4.79 Å². The first-order valence-electron chi connectivity index (χ1n) is 4.03. The highest BCUT2D eigenvalue weighted by molar-refractivity contribution is 8.00. The van der Waals surface area contributed by atoms with Gasteiger partial charge in [0.25, 0.3) is 0 Å². The average molecular weight is 275 g/mol. The second-order valence-corrected chi connectivity index (χ2v) is 5.04. The number of halogens is 2. The molecular weight excluding hydrogens is 259 g/mol. The third kappa shape index (κ3) is 13.9. The van der Waals surface area contributed by atoms with Crippen LogP contribution in [0.4, 0.5) is 4.79 Å². The van der Waals surface area contributed by atoms with Crippen molar-refractivity contribution in [3.63, 3.8) is 0 Å². The molecule has 0 atom stereocenters. The zero-order valence-corrected chi connectivity index (χ0v) is 11.5. The molecule has 0 aliphatic carbocycles. The molecule has 0 bridgehead atoms. The molecule has 4 nitrogen and oxygen atoms in total. The Bertz CT molecular complexity index is 201. The predicted molar refractivity (Wildman–Crippen MR) is 68.2 cm³/mol. The van der Waals surface area contributed by atoms with Crippen LogP contribution in [0.3, 0.4) is 0 Å². The topological polar surface area (TPSA) is 50.7 Å². The van der Waals surface area contributed by atoms with E-state index in [1.54, 1.807) is 18.0 Å². The second-order valence-electron chi connectivity index (χ2n) is 2.77. The van der Waals surface area contributed by atoms with Gasteiger partial charge in [0.15, 0.2) is 0 Å². The highest BCUT2D eigenvalue weighted by Crippen LogP contribution is 2.17. The largest absolute Gasteiger partial charge is 0.433 e. The zero-order valence-electron chi connectivity index (χ0n) is 9.21. The summed E-state index contributed by atoms with van der Waals surface area (Å²) in [7, 11) is 1.48. The lowest BCUT2D eigenvalue weighted by Crippen LogP contribution is -2.19. The van der Waals surface area contributed by atoms with Crippen molar-refractivity contribution < 1.29 is 9.63 Å². The number of nitrogens with zero attached hydrogens (tertiary/aromatic N) is 1. The van der Waals surface area contributed by atoms with Crippen LogP contribution in [0.2, 0.25) is 0 Å². The van der Waals surface area contributed by atoms with Crippen LogP contribution >= 0.6 is 35.0 Å². The van der Waals surface area contributed by atoms with Crippen molar-refractivity contribution >= 4 is 47.3 Å². The van der Waals surface area contributed by atoms with E-state index >= 15 is 0 Å². The van der Waals surface area contributed by atoms with Gasteiger partial charge in [0.2, 0.25) is 0 Å². The number of hydrogen-bond donors (Lipinski definition) is 1. The van der Waals surface area contributed by atoms with Gasteiger partial charge in [0.05, 0.1) is 11.6 Å².